The summed E-state index contributed by atoms with van der Waals surface area (Å²) in [5, 5.41) is 12.7. The molecule has 1 heterocycles. The number of amides is 1. The van der Waals surface area contributed by atoms with Crippen LogP contribution < -0.4 is 5.32 Å². The smallest absolute Gasteiger partial charge is 0.304 e. The fraction of sp³-hybridized carbons (Fsp3) is 0. The number of nitrogens with one attached hydrogen (secondary N) is 1. The van der Waals surface area contributed by atoms with Crippen LogP contribution in [0, 0.1) is 15.9 Å². The Morgan fingerprint density at radius 1 is 1.42 bits per heavy atom. The predicted octanol–water partition coefficient (Wildman–Crippen LogP) is 3.23. The Morgan fingerprint density at radius 2 is 2.16 bits per heavy atom. The van der Waals surface area contributed by atoms with Gasteiger partial charge < -0.3 is 9.73 Å². The van der Waals surface area contributed by atoms with Crippen LogP contribution in [0.3, 0.4) is 0 Å². The van der Waals surface area contributed by atoms with E-state index in [1.165, 1.54) is 18.4 Å². The van der Waals surface area contributed by atoms with E-state index in [0.29, 0.717) is 0 Å². The molecule has 0 spiro atoms. The quantitative estimate of drug-likeness (QED) is 0.692. The number of nitro groups is 1. The Balaban J connectivity index is 2.21. The predicted molar refractivity (Wildman–Crippen MR) is 64.7 cm³/mol. The number of halogens is 2. The van der Waals surface area contributed by atoms with Crippen molar-refractivity contribution in [1.29, 1.82) is 0 Å². The number of rotatable bonds is 3. The highest BCUT2D eigenvalue weighted by Crippen LogP contribution is 2.22. The molecule has 1 aromatic carbocycles. The summed E-state index contributed by atoms with van der Waals surface area (Å²) in [4.78, 5) is 21.3. The molecule has 0 atom stereocenters. The lowest BCUT2D eigenvalue weighted by Gasteiger charge is -2.04. The fourth-order valence-electron chi connectivity index (χ4n) is 1.39. The van der Waals surface area contributed by atoms with Crippen LogP contribution in [0.5, 0.6) is 0 Å². The van der Waals surface area contributed by atoms with E-state index in [1.807, 2.05) is 0 Å². The standard InChI is InChI=1S/C11H6ClFN2O4/c12-10-7(3-4-19-10)11(16)14-6-1-2-9(15(17)18)8(13)5-6/h1-5H,(H,14,16). The van der Waals surface area contributed by atoms with Crippen molar-refractivity contribution in [3.8, 4) is 0 Å². The maximum absolute atomic E-state index is 13.3. The first-order valence-electron chi connectivity index (χ1n) is 4.97. The molecule has 0 aliphatic heterocycles. The third kappa shape index (κ3) is 2.71. The molecular weight excluding hydrogens is 279 g/mol. The van der Waals surface area contributed by atoms with E-state index in [2.05, 4.69) is 5.32 Å². The van der Waals surface area contributed by atoms with Crippen molar-refractivity contribution in [3.63, 3.8) is 0 Å². The summed E-state index contributed by atoms with van der Waals surface area (Å²) in [5.41, 5.74) is -0.509. The van der Waals surface area contributed by atoms with Crippen molar-refractivity contribution in [2.24, 2.45) is 0 Å². The van der Waals surface area contributed by atoms with Gasteiger partial charge in [0.05, 0.1) is 16.7 Å². The molecule has 1 amide bonds. The van der Waals surface area contributed by atoms with Crippen molar-refractivity contribution in [1.82, 2.24) is 0 Å². The highest BCUT2D eigenvalue weighted by atomic mass is 35.5. The Kier molecular flexibility index (Phi) is 3.48. The maximum atomic E-state index is 13.3. The molecule has 0 saturated heterocycles. The Labute approximate surface area is 110 Å². The summed E-state index contributed by atoms with van der Waals surface area (Å²) in [6.45, 7) is 0. The van der Waals surface area contributed by atoms with E-state index in [0.717, 1.165) is 12.1 Å². The molecule has 0 saturated carbocycles. The number of nitro benzene ring substituents is 1. The molecule has 1 N–H and O–H groups in total. The molecule has 6 nitrogen and oxygen atoms in total. The van der Waals surface area contributed by atoms with E-state index in [-0.39, 0.29) is 16.5 Å². The zero-order chi connectivity index (χ0) is 14.0. The number of carbonyl (C=O) groups is 1. The average molecular weight is 285 g/mol. The first-order chi connectivity index (χ1) is 8.99. The lowest BCUT2D eigenvalue weighted by atomic mass is 10.2. The summed E-state index contributed by atoms with van der Waals surface area (Å²) in [6, 6.07) is 4.37. The van der Waals surface area contributed by atoms with Crippen LogP contribution in [0.2, 0.25) is 5.22 Å². The zero-order valence-electron chi connectivity index (χ0n) is 9.22. The van der Waals surface area contributed by atoms with Crippen LogP contribution in [0.25, 0.3) is 0 Å². The van der Waals surface area contributed by atoms with Crippen molar-refractivity contribution in [2.75, 3.05) is 5.32 Å². The zero-order valence-corrected chi connectivity index (χ0v) is 9.98. The van der Waals surface area contributed by atoms with Crippen LogP contribution in [-0.2, 0) is 0 Å². The van der Waals surface area contributed by atoms with E-state index in [4.69, 9.17) is 16.0 Å². The molecule has 0 unspecified atom stereocenters. The molecule has 1 aromatic heterocycles. The lowest BCUT2D eigenvalue weighted by Crippen LogP contribution is -2.11. The Bertz CT molecular complexity index is 656. The molecule has 2 rings (SSSR count). The summed E-state index contributed by atoms with van der Waals surface area (Å²) in [6.07, 6.45) is 1.23. The minimum atomic E-state index is -1.04. The maximum Gasteiger partial charge on any atom is 0.304 e. The van der Waals surface area contributed by atoms with E-state index in [1.54, 1.807) is 0 Å². The third-order valence-electron chi connectivity index (χ3n) is 2.26. The van der Waals surface area contributed by atoms with Gasteiger partial charge in [-0.3, -0.25) is 14.9 Å². The van der Waals surface area contributed by atoms with Gasteiger partial charge >= 0.3 is 5.69 Å². The van der Waals surface area contributed by atoms with Gasteiger partial charge in [0.15, 0.2) is 0 Å². The molecule has 0 fully saturated rings. The second kappa shape index (κ2) is 5.07. The van der Waals surface area contributed by atoms with Crippen LogP contribution in [-0.4, -0.2) is 10.8 Å². The van der Waals surface area contributed by atoms with E-state index in [9.17, 15) is 19.3 Å². The lowest BCUT2D eigenvalue weighted by molar-refractivity contribution is -0.387. The monoisotopic (exact) mass is 284 g/mol. The Hall–Kier alpha value is -2.41. The second-order valence-electron chi connectivity index (χ2n) is 3.49. The molecule has 2 aromatic rings. The first kappa shape index (κ1) is 13.0. The number of hydrogen-bond donors (Lipinski definition) is 1. The van der Waals surface area contributed by atoms with E-state index >= 15 is 0 Å². The number of nitrogens with zero attached hydrogens (tertiary/aromatic N) is 1. The van der Waals surface area contributed by atoms with Crippen molar-refractivity contribution in [3.05, 3.63) is 57.2 Å². The topological polar surface area (TPSA) is 85.4 Å². The summed E-state index contributed by atoms with van der Waals surface area (Å²) in [7, 11) is 0. The number of benzene rings is 1. The van der Waals surface area contributed by atoms with Crippen LogP contribution in [0.4, 0.5) is 15.8 Å². The van der Waals surface area contributed by atoms with Gasteiger partial charge in [-0.1, -0.05) is 0 Å². The van der Waals surface area contributed by atoms with Crippen molar-refractivity contribution < 1.29 is 18.5 Å². The summed E-state index contributed by atoms with van der Waals surface area (Å²) >= 11 is 5.61. The SMILES string of the molecule is O=C(Nc1ccc([N+](=O)[O-])c(F)c1)c1ccoc1Cl. The van der Waals surface area contributed by atoms with Crippen LogP contribution in [0.1, 0.15) is 10.4 Å². The fourth-order valence-corrected chi connectivity index (χ4v) is 1.59. The minimum Gasteiger partial charge on any atom is -0.452 e. The normalized spacial score (nSPS) is 10.2. The Morgan fingerprint density at radius 3 is 2.68 bits per heavy atom. The number of carbonyl (C=O) groups excluding carboxylic acids is 1. The number of anilines is 1. The van der Waals surface area contributed by atoms with E-state index < -0.39 is 22.3 Å². The number of hydrogen-bond acceptors (Lipinski definition) is 4. The largest absolute Gasteiger partial charge is 0.452 e. The van der Waals surface area contributed by atoms with Gasteiger partial charge in [0.25, 0.3) is 5.91 Å². The third-order valence-corrected chi connectivity index (χ3v) is 2.56. The molecule has 0 bridgehead atoms. The molecule has 0 aliphatic carbocycles. The van der Waals surface area contributed by atoms with Gasteiger partial charge in [-0.2, -0.15) is 4.39 Å². The highest BCUT2D eigenvalue weighted by molar-refractivity contribution is 6.32. The van der Waals surface area contributed by atoms with Crippen LogP contribution >= 0.6 is 11.6 Å². The van der Waals surface area contributed by atoms with Gasteiger partial charge in [-0.15, -0.1) is 0 Å². The average Bonchev–Trinajstić information content (AvgIpc) is 2.75. The second-order valence-corrected chi connectivity index (χ2v) is 3.83. The van der Waals surface area contributed by atoms with Gasteiger partial charge in [0.2, 0.25) is 11.0 Å². The first-order valence-corrected chi connectivity index (χ1v) is 5.35. The van der Waals surface area contributed by atoms with Crippen molar-refractivity contribution >= 4 is 28.9 Å². The van der Waals surface area contributed by atoms with Gasteiger partial charge in [0.1, 0.15) is 0 Å². The van der Waals surface area contributed by atoms with Crippen molar-refractivity contribution in [2.45, 2.75) is 0 Å². The summed E-state index contributed by atoms with van der Waals surface area (Å²) < 4.78 is 18.1. The highest BCUT2D eigenvalue weighted by Gasteiger charge is 2.17. The molecule has 8 heteroatoms. The summed E-state index contributed by atoms with van der Waals surface area (Å²) in [5.74, 6) is -1.65. The minimum absolute atomic E-state index is 0.0744. The molecule has 19 heavy (non-hydrogen) atoms. The van der Waals surface area contributed by atoms with Crippen LogP contribution in [0.15, 0.2) is 34.9 Å². The van der Waals surface area contributed by atoms with Gasteiger partial charge in [-0.05, 0) is 23.7 Å². The van der Waals surface area contributed by atoms with Gasteiger partial charge in [0, 0.05) is 17.8 Å². The molecule has 98 valence electrons. The molecule has 0 radical (unpaired) electrons. The molecular formula is C11H6ClFN2O4. The van der Waals surface area contributed by atoms with Gasteiger partial charge in [-0.25, -0.2) is 0 Å². The number of furan rings is 1. The molecule has 0 aliphatic rings.